The second-order valence-corrected chi connectivity index (χ2v) is 4.16. The monoisotopic (exact) mass is 298 g/mol. The van der Waals surface area contributed by atoms with E-state index in [0.29, 0.717) is 21.1 Å². The molecule has 0 spiro atoms. The standard InChI is InChI=1S/C9H9BrCl2O2/c10-4-6(13)5-14-7-1-2-8(11)9(12)3-7/h1-3,6,13H,4-5H2. The SMILES string of the molecule is OC(CBr)COc1ccc(Cl)c(Cl)c1. The van der Waals surface area contributed by atoms with Crippen molar-refractivity contribution in [3.8, 4) is 5.75 Å². The maximum absolute atomic E-state index is 9.21. The molecule has 1 atom stereocenters. The number of halogens is 3. The Labute approximate surface area is 101 Å². The molecule has 14 heavy (non-hydrogen) atoms. The Morgan fingerprint density at radius 2 is 2.07 bits per heavy atom. The Bertz CT molecular complexity index is 307. The van der Waals surface area contributed by atoms with Gasteiger partial charge in [0.05, 0.1) is 16.1 Å². The van der Waals surface area contributed by atoms with E-state index in [0.717, 1.165) is 0 Å². The fraction of sp³-hybridized carbons (Fsp3) is 0.333. The van der Waals surface area contributed by atoms with Crippen molar-refractivity contribution in [3.05, 3.63) is 28.2 Å². The van der Waals surface area contributed by atoms with Crippen LogP contribution < -0.4 is 4.74 Å². The van der Waals surface area contributed by atoms with Crippen molar-refractivity contribution in [1.82, 2.24) is 0 Å². The number of alkyl halides is 1. The molecule has 1 N–H and O–H groups in total. The van der Waals surface area contributed by atoms with Crippen molar-refractivity contribution in [1.29, 1.82) is 0 Å². The number of hydrogen-bond donors (Lipinski definition) is 1. The summed E-state index contributed by atoms with van der Waals surface area (Å²) in [6, 6.07) is 4.97. The number of ether oxygens (including phenoxy) is 1. The smallest absolute Gasteiger partial charge is 0.121 e. The zero-order valence-corrected chi connectivity index (χ0v) is 10.3. The average molecular weight is 300 g/mol. The number of benzene rings is 1. The Balaban J connectivity index is 2.55. The molecule has 0 amide bonds. The first-order valence-corrected chi connectivity index (χ1v) is 5.83. The Morgan fingerprint density at radius 1 is 1.36 bits per heavy atom. The van der Waals surface area contributed by atoms with E-state index in [1.807, 2.05) is 0 Å². The summed E-state index contributed by atoms with van der Waals surface area (Å²) in [5.41, 5.74) is 0. The van der Waals surface area contributed by atoms with Crippen LogP contribution in [0.3, 0.4) is 0 Å². The lowest BCUT2D eigenvalue weighted by atomic mass is 10.3. The van der Waals surface area contributed by atoms with E-state index in [9.17, 15) is 5.11 Å². The number of aliphatic hydroxyl groups excluding tert-OH is 1. The molecule has 0 saturated carbocycles. The zero-order chi connectivity index (χ0) is 10.6. The van der Waals surface area contributed by atoms with Gasteiger partial charge in [0.1, 0.15) is 12.4 Å². The minimum absolute atomic E-state index is 0.225. The van der Waals surface area contributed by atoms with Crippen LogP contribution >= 0.6 is 39.1 Å². The highest BCUT2D eigenvalue weighted by Gasteiger charge is 2.04. The Hall–Kier alpha value is 0.0400. The normalized spacial score (nSPS) is 12.6. The van der Waals surface area contributed by atoms with Crippen molar-refractivity contribution in [3.63, 3.8) is 0 Å². The lowest BCUT2D eigenvalue weighted by Crippen LogP contribution is -2.18. The van der Waals surface area contributed by atoms with Gasteiger partial charge < -0.3 is 9.84 Å². The maximum atomic E-state index is 9.21. The highest BCUT2D eigenvalue weighted by molar-refractivity contribution is 9.09. The van der Waals surface area contributed by atoms with Crippen LogP contribution in [0.15, 0.2) is 18.2 Å². The fourth-order valence-corrected chi connectivity index (χ4v) is 1.28. The molecule has 0 radical (unpaired) electrons. The molecule has 78 valence electrons. The molecule has 0 aliphatic heterocycles. The van der Waals surface area contributed by atoms with Crippen LogP contribution in [-0.4, -0.2) is 23.1 Å². The van der Waals surface area contributed by atoms with Crippen molar-refractivity contribution < 1.29 is 9.84 Å². The van der Waals surface area contributed by atoms with Gasteiger partial charge in [-0.15, -0.1) is 0 Å². The van der Waals surface area contributed by atoms with Crippen LogP contribution in [0.25, 0.3) is 0 Å². The first-order chi connectivity index (χ1) is 6.63. The molecular formula is C9H9BrCl2O2. The van der Waals surface area contributed by atoms with Crippen LogP contribution in [-0.2, 0) is 0 Å². The summed E-state index contributed by atoms with van der Waals surface area (Å²) in [5, 5.41) is 10.6. The summed E-state index contributed by atoms with van der Waals surface area (Å²) in [5.74, 6) is 0.597. The van der Waals surface area contributed by atoms with E-state index in [-0.39, 0.29) is 6.61 Å². The van der Waals surface area contributed by atoms with Crippen LogP contribution in [0.2, 0.25) is 10.0 Å². The fourth-order valence-electron chi connectivity index (χ4n) is 0.804. The Kier molecular flexibility index (Phi) is 5.02. The van der Waals surface area contributed by atoms with Gasteiger partial charge in [0.15, 0.2) is 0 Å². The molecule has 1 aromatic carbocycles. The van der Waals surface area contributed by atoms with Gasteiger partial charge in [-0.25, -0.2) is 0 Å². The second-order valence-electron chi connectivity index (χ2n) is 2.70. The van der Waals surface area contributed by atoms with Gasteiger partial charge in [0.25, 0.3) is 0 Å². The van der Waals surface area contributed by atoms with Crippen LogP contribution in [0, 0.1) is 0 Å². The summed E-state index contributed by atoms with van der Waals surface area (Å²) in [4.78, 5) is 0. The number of hydrogen-bond acceptors (Lipinski definition) is 2. The molecular weight excluding hydrogens is 291 g/mol. The zero-order valence-electron chi connectivity index (χ0n) is 7.21. The van der Waals surface area contributed by atoms with Gasteiger partial charge in [0.2, 0.25) is 0 Å². The predicted octanol–water partition coefficient (Wildman–Crippen LogP) is 3.13. The highest BCUT2D eigenvalue weighted by atomic mass is 79.9. The largest absolute Gasteiger partial charge is 0.491 e. The van der Waals surface area contributed by atoms with Gasteiger partial charge in [-0.1, -0.05) is 39.1 Å². The van der Waals surface area contributed by atoms with Gasteiger partial charge in [-0.05, 0) is 12.1 Å². The summed E-state index contributed by atoms with van der Waals surface area (Å²) < 4.78 is 5.27. The first kappa shape index (κ1) is 12.1. The summed E-state index contributed by atoms with van der Waals surface area (Å²) in [6.07, 6.45) is -0.524. The number of rotatable bonds is 4. The van der Waals surface area contributed by atoms with E-state index in [1.165, 1.54) is 0 Å². The molecule has 0 aliphatic carbocycles. The molecule has 0 heterocycles. The third kappa shape index (κ3) is 3.65. The van der Waals surface area contributed by atoms with Crippen molar-refractivity contribution in [2.24, 2.45) is 0 Å². The molecule has 1 unspecified atom stereocenters. The first-order valence-electron chi connectivity index (χ1n) is 3.95. The molecule has 5 heteroatoms. The van der Waals surface area contributed by atoms with E-state index in [2.05, 4.69) is 15.9 Å². The van der Waals surface area contributed by atoms with Crippen molar-refractivity contribution in [2.45, 2.75) is 6.10 Å². The van der Waals surface area contributed by atoms with Gasteiger partial charge in [-0.2, -0.15) is 0 Å². The molecule has 1 rings (SSSR count). The highest BCUT2D eigenvalue weighted by Crippen LogP contribution is 2.26. The van der Waals surface area contributed by atoms with E-state index < -0.39 is 6.10 Å². The van der Waals surface area contributed by atoms with Crippen LogP contribution in [0.5, 0.6) is 5.75 Å². The topological polar surface area (TPSA) is 29.5 Å². The Morgan fingerprint density at radius 3 is 2.64 bits per heavy atom. The minimum atomic E-state index is -0.524. The second kappa shape index (κ2) is 5.81. The van der Waals surface area contributed by atoms with Gasteiger partial charge >= 0.3 is 0 Å². The van der Waals surface area contributed by atoms with Gasteiger partial charge in [0, 0.05) is 11.4 Å². The molecule has 0 aromatic heterocycles. The molecule has 0 saturated heterocycles. The maximum Gasteiger partial charge on any atom is 0.121 e. The van der Waals surface area contributed by atoms with Crippen LogP contribution in [0.4, 0.5) is 0 Å². The lowest BCUT2D eigenvalue weighted by Gasteiger charge is -2.09. The lowest BCUT2D eigenvalue weighted by molar-refractivity contribution is 0.127. The quantitative estimate of drug-likeness (QED) is 0.866. The van der Waals surface area contributed by atoms with Crippen molar-refractivity contribution in [2.75, 3.05) is 11.9 Å². The summed E-state index contributed by atoms with van der Waals surface area (Å²) in [6.45, 7) is 0.225. The molecule has 0 aliphatic rings. The van der Waals surface area contributed by atoms with E-state index in [1.54, 1.807) is 18.2 Å². The van der Waals surface area contributed by atoms with Crippen LogP contribution in [0.1, 0.15) is 0 Å². The molecule has 1 aromatic rings. The molecule has 0 fully saturated rings. The molecule has 0 bridgehead atoms. The van der Waals surface area contributed by atoms with Gasteiger partial charge in [-0.3, -0.25) is 0 Å². The number of aliphatic hydroxyl groups is 1. The average Bonchev–Trinajstić information content (AvgIpc) is 2.19. The molecule has 2 nitrogen and oxygen atoms in total. The van der Waals surface area contributed by atoms with Crippen molar-refractivity contribution >= 4 is 39.1 Å². The summed E-state index contributed by atoms with van der Waals surface area (Å²) in [7, 11) is 0. The summed E-state index contributed by atoms with van der Waals surface area (Å²) >= 11 is 14.6. The predicted molar refractivity (Wildman–Crippen MR) is 61.8 cm³/mol. The minimum Gasteiger partial charge on any atom is -0.491 e. The third-order valence-electron chi connectivity index (χ3n) is 1.51. The van der Waals surface area contributed by atoms with E-state index in [4.69, 9.17) is 27.9 Å². The van der Waals surface area contributed by atoms with E-state index >= 15 is 0 Å². The third-order valence-corrected chi connectivity index (χ3v) is 3.00.